The molecule has 340 valence electrons. The van der Waals surface area contributed by atoms with Crippen molar-refractivity contribution >= 4 is 17.9 Å². The second-order valence-electron chi connectivity index (χ2n) is 16.4. The summed E-state index contributed by atoms with van der Waals surface area (Å²) in [5, 5.41) is 0. The first-order chi connectivity index (χ1) is 29.0. The fourth-order valence-corrected chi connectivity index (χ4v) is 6.66. The molecule has 0 saturated heterocycles. The fourth-order valence-electron chi connectivity index (χ4n) is 6.66. The first-order valence-electron chi connectivity index (χ1n) is 24.8. The summed E-state index contributed by atoms with van der Waals surface area (Å²) >= 11 is 0. The van der Waals surface area contributed by atoms with Crippen molar-refractivity contribution in [1.29, 1.82) is 0 Å². The first-order valence-corrected chi connectivity index (χ1v) is 24.8. The van der Waals surface area contributed by atoms with Crippen LogP contribution in [0.1, 0.15) is 239 Å². The maximum absolute atomic E-state index is 12.8. The van der Waals surface area contributed by atoms with E-state index in [1.807, 2.05) is 0 Å². The molecule has 6 heteroatoms. The Hall–Kier alpha value is -2.89. The fraction of sp³-hybridized carbons (Fsp3) is 0.755. The van der Waals surface area contributed by atoms with E-state index >= 15 is 0 Å². The minimum Gasteiger partial charge on any atom is -0.462 e. The molecular formula is C53H92O6. The number of hydrogen-bond donors (Lipinski definition) is 0. The molecule has 0 saturated carbocycles. The normalized spacial score (nSPS) is 12.5. The number of carbonyl (C=O) groups is 3. The standard InChI is InChI=1S/C53H92O6/c1-4-7-10-13-16-19-22-25-27-29-31-34-37-40-43-46-52(55)58-49-50(48-57-51(54)45-42-39-36-33-30-24-21-18-15-12-9-6-3)59-53(56)47-44-41-38-35-32-28-26-23-20-17-14-11-8-5-2/h14,16-19,21,23,25-27,50H,4-13,15,20,22,24,28-49H2,1-3H3/b17-14-,19-16-,21-18-,26-23-,27-25-. The third-order valence-corrected chi connectivity index (χ3v) is 10.5. The number of carbonyl (C=O) groups excluding carboxylic acids is 3. The molecule has 0 rings (SSSR count). The zero-order valence-corrected chi connectivity index (χ0v) is 38.8. The largest absolute Gasteiger partial charge is 0.462 e. The summed E-state index contributed by atoms with van der Waals surface area (Å²) in [6.45, 7) is 6.51. The average Bonchev–Trinajstić information content (AvgIpc) is 3.23. The van der Waals surface area contributed by atoms with Crippen molar-refractivity contribution in [1.82, 2.24) is 0 Å². The van der Waals surface area contributed by atoms with Crippen LogP contribution < -0.4 is 0 Å². The van der Waals surface area contributed by atoms with Crippen molar-refractivity contribution in [2.45, 2.75) is 245 Å². The zero-order chi connectivity index (χ0) is 43.0. The zero-order valence-electron chi connectivity index (χ0n) is 38.8. The van der Waals surface area contributed by atoms with E-state index in [1.165, 1.54) is 89.9 Å². The van der Waals surface area contributed by atoms with Crippen molar-refractivity contribution in [2.75, 3.05) is 13.2 Å². The molecular weight excluding hydrogens is 733 g/mol. The van der Waals surface area contributed by atoms with Crippen molar-refractivity contribution in [3.63, 3.8) is 0 Å². The van der Waals surface area contributed by atoms with Crippen LogP contribution >= 0.6 is 0 Å². The molecule has 0 aromatic rings. The smallest absolute Gasteiger partial charge is 0.306 e. The monoisotopic (exact) mass is 825 g/mol. The van der Waals surface area contributed by atoms with E-state index in [1.54, 1.807) is 0 Å². The Labute approximate surface area is 364 Å². The van der Waals surface area contributed by atoms with Gasteiger partial charge in [0.15, 0.2) is 6.10 Å². The Morgan fingerprint density at radius 3 is 1.00 bits per heavy atom. The third kappa shape index (κ3) is 46.0. The van der Waals surface area contributed by atoms with Crippen LogP contribution in [0.15, 0.2) is 60.8 Å². The van der Waals surface area contributed by atoms with E-state index in [-0.39, 0.29) is 31.1 Å². The maximum atomic E-state index is 12.8. The highest BCUT2D eigenvalue weighted by Crippen LogP contribution is 2.13. The SMILES string of the molecule is CCCC/C=C\C/C=C\CCCCCCCC(=O)OC(COC(=O)CCCCCCC/C=C\C/C=C\CCCCC)COC(=O)CCCCCCC/C=C\CCCCC. The van der Waals surface area contributed by atoms with Gasteiger partial charge >= 0.3 is 17.9 Å². The van der Waals surface area contributed by atoms with Gasteiger partial charge in [0.25, 0.3) is 0 Å². The molecule has 0 radical (unpaired) electrons. The third-order valence-electron chi connectivity index (χ3n) is 10.5. The van der Waals surface area contributed by atoms with Crippen LogP contribution in [0, 0.1) is 0 Å². The first kappa shape index (κ1) is 56.1. The van der Waals surface area contributed by atoms with Gasteiger partial charge in [-0.3, -0.25) is 14.4 Å². The summed E-state index contributed by atoms with van der Waals surface area (Å²) in [7, 11) is 0. The lowest BCUT2D eigenvalue weighted by atomic mass is 10.1. The highest BCUT2D eigenvalue weighted by molar-refractivity contribution is 5.71. The lowest BCUT2D eigenvalue weighted by Crippen LogP contribution is -2.30. The highest BCUT2D eigenvalue weighted by Gasteiger charge is 2.19. The molecule has 6 nitrogen and oxygen atoms in total. The summed E-state index contributed by atoms with van der Waals surface area (Å²) in [6, 6.07) is 0. The minimum atomic E-state index is -0.789. The molecule has 1 unspecified atom stereocenters. The second-order valence-corrected chi connectivity index (χ2v) is 16.4. The molecule has 0 aliphatic heterocycles. The molecule has 0 bridgehead atoms. The van der Waals surface area contributed by atoms with Crippen molar-refractivity contribution in [3.8, 4) is 0 Å². The number of rotatable bonds is 44. The van der Waals surface area contributed by atoms with Gasteiger partial charge < -0.3 is 14.2 Å². The van der Waals surface area contributed by atoms with Crippen LogP contribution in [0.5, 0.6) is 0 Å². The Balaban J connectivity index is 4.44. The molecule has 0 spiro atoms. The summed E-state index contributed by atoms with van der Waals surface area (Å²) in [4.78, 5) is 37.9. The Morgan fingerprint density at radius 2 is 0.627 bits per heavy atom. The topological polar surface area (TPSA) is 78.9 Å². The molecule has 0 fully saturated rings. The van der Waals surface area contributed by atoms with Gasteiger partial charge in [0.1, 0.15) is 13.2 Å². The molecule has 59 heavy (non-hydrogen) atoms. The van der Waals surface area contributed by atoms with Gasteiger partial charge in [-0.2, -0.15) is 0 Å². The van der Waals surface area contributed by atoms with E-state index in [9.17, 15) is 14.4 Å². The lowest BCUT2D eigenvalue weighted by molar-refractivity contribution is -0.167. The van der Waals surface area contributed by atoms with Crippen molar-refractivity contribution in [3.05, 3.63) is 60.8 Å². The van der Waals surface area contributed by atoms with Crippen LogP contribution in [-0.4, -0.2) is 37.2 Å². The highest BCUT2D eigenvalue weighted by atomic mass is 16.6. The number of esters is 3. The molecule has 0 N–H and O–H groups in total. The van der Waals surface area contributed by atoms with Crippen LogP contribution in [0.4, 0.5) is 0 Å². The number of hydrogen-bond acceptors (Lipinski definition) is 6. The Bertz CT molecular complexity index is 1090. The molecule has 1 atom stereocenters. The van der Waals surface area contributed by atoms with Gasteiger partial charge in [0.05, 0.1) is 0 Å². The molecule has 0 aliphatic carbocycles. The second kappa shape index (κ2) is 47.8. The molecule has 0 aromatic heterocycles. The van der Waals surface area contributed by atoms with E-state index in [2.05, 4.69) is 81.5 Å². The van der Waals surface area contributed by atoms with E-state index < -0.39 is 6.10 Å². The summed E-state index contributed by atoms with van der Waals surface area (Å²) < 4.78 is 16.7. The number of allylic oxidation sites excluding steroid dienone is 10. The van der Waals surface area contributed by atoms with E-state index in [0.29, 0.717) is 19.3 Å². The molecule has 0 aliphatic rings. The summed E-state index contributed by atoms with van der Waals surface area (Å²) in [5.41, 5.74) is 0. The molecule has 0 heterocycles. The maximum Gasteiger partial charge on any atom is 0.306 e. The average molecular weight is 825 g/mol. The predicted molar refractivity (Wildman–Crippen MR) is 251 cm³/mol. The van der Waals surface area contributed by atoms with Gasteiger partial charge in [-0.25, -0.2) is 0 Å². The lowest BCUT2D eigenvalue weighted by Gasteiger charge is -2.18. The van der Waals surface area contributed by atoms with Crippen LogP contribution in [0.2, 0.25) is 0 Å². The van der Waals surface area contributed by atoms with Gasteiger partial charge in [-0.1, -0.05) is 178 Å². The number of unbranched alkanes of at least 4 members (excludes halogenated alkanes) is 23. The van der Waals surface area contributed by atoms with Crippen LogP contribution in [-0.2, 0) is 28.6 Å². The van der Waals surface area contributed by atoms with Crippen molar-refractivity contribution < 1.29 is 28.6 Å². The van der Waals surface area contributed by atoms with Crippen molar-refractivity contribution in [2.24, 2.45) is 0 Å². The van der Waals surface area contributed by atoms with Gasteiger partial charge in [0.2, 0.25) is 0 Å². The summed E-state index contributed by atoms with van der Waals surface area (Å²) in [5.74, 6) is -0.925. The van der Waals surface area contributed by atoms with E-state index in [4.69, 9.17) is 14.2 Å². The molecule has 0 amide bonds. The van der Waals surface area contributed by atoms with Crippen LogP contribution in [0.25, 0.3) is 0 Å². The summed E-state index contributed by atoms with van der Waals surface area (Å²) in [6.07, 6.45) is 57.6. The van der Waals surface area contributed by atoms with Gasteiger partial charge in [-0.05, 0) is 103 Å². The van der Waals surface area contributed by atoms with Crippen LogP contribution in [0.3, 0.4) is 0 Å². The number of ether oxygens (including phenoxy) is 3. The van der Waals surface area contributed by atoms with E-state index in [0.717, 1.165) is 109 Å². The predicted octanol–water partition coefficient (Wildman–Crippen LogP) is 16.1. The van der Waals surface area contributed by atoms with Gasteiger partial charge in [-0.15, -0.1) is 0 Å². The molecule has 0 aromatic carbocycles. The Morgan fingerprint density at radius 1 is 0.339 bits per heavy atom. The van der Waals surface area contributed by atoms with Gasteiger partial charge in [0, 0.05) is 19.3 Å². The Kier molecular flexibility index (Phi) is 45.4. The minimum absolute atomic E-state index is 0.0891. The quantitative estimate of drug-likeness (QED) is 0.0263.